The number of piperidine rings is 1. The highest BCUT2D eigenvalue weighted by Gasteiger charge is 2.20. The van der Waals surface area contributed by atoms with Crippen LogP contribution in [0, 0.1) is 5.92 Å². The summed E-state index contributed by atoms with van der Waals surface area (Å²) in [7, 11) is 0. The van der Waals surface area contributed by atoms with Crippen LogP contribution in [0.5, 0.6) is 0 Å². The Labute approximate surface area is 150 Å². The molecule has 1 amide bonds. The van der Waals surface area contributed by atoms with Crippen molar-refractivity contribution in [1.29, 1.82) is 0 Å². The number of carbonyl (C=O) groups is 1. The number of thiophene rings is 1. The molecule has 25 heavy (non-hydrogen) atoms. The lowest BCUT2D eigenvalue weighted by Crippen LogP contribution is -2.44. The Morgan fingerprint density at radius 2 is 1.88 bits per heavy atom. The van der Waals surface area contributed by atoms with E-state index in [2.05, 4.69) is 13.8 Å². The molecule has 3 heterocycles. The van der Waals surface area contributed by atoms with Gasteiger partial charge in [-0.05, 0) is 43.0 Å². The van der Waals surface area contributed by atoms with Crippen LogP contribution < -0.4 is 11.2 Å². The highest BCUT2D eigenvalue weighted by molar-refractivity contribution is 7.17. The lowest BCUT2D eigenvalue weighted by atomic mass is 10.1. The number of nitrogens with zero attached hydrogens (tertiary/aromatic N) is 3. The normalized spacial score (nSPS) is 15.2. The molecule has 0 spiro atoms. The molecule has 2 aromatic heterocycles. The second-order valence-corrected chi connectivity index (χ2v) is 8.00. The number of carbonyl (C=O) groups excluding carboxylic acids is 1. The van der Waals surface area contributed by atoms with Crippen LogP contribution in [-0.4, -0.2) is 33.0 Å². The molecule has 1 aliphatic rings. The third-order valence-electron chi connectivity index (χ3n) is 4.77. The van der Waals surface area contributed by atoms with Crippen molar-refractivity contribution in [3.8, 4) is 0 Å². The van der Waals surface area contributed by atoms with E-state index < -0.39 is 0 Å². The zero-order valence-corrected chi connectivity index (χ0v) is 15.7. The third kappa shape index (κ3) is 3.71. The second-order valence-electron chi connectivity index (χ2n) is 7.08. The van der Waals surface area contributed by atoms with Crippen LogP contribution in [0.4, 0.5) is 0 Å². The van der Waals surface area contributed by atoms with Crippen molar-refractivity contribution in [3.63, 3.8) is 0 Å². The molecule has 1 saturated heterocycles. The maximum absolute atomic E-state index is 12.9. The van der Waals surface area contributed by atoms with Crippen molar-refractivity contribution in [1.82, 2.24) is 14.0 Å². The second kappa shape index (κ2) is 7.56. The lowest BCUT2D eigenvalue weighted by Gasteiger charge is -2.27. The van der Waals surface area contributed by atoms with Crippen LogP contribution in [-0.2, 0) is 17.9 Å². The first-order valence-corrected chi connectivity index (χ1v) is 9.85. The summed E-state index contributed by atoms with van der Waals surface area (Å²) in [5.41, 5.74) is -0.0367. The Bertz CT molecular complexity index is 872. The monoisotopic (exact) mass is 363 g/mol. The zero-order valence-electron chi connectivity index (χ0n) is 14.9. The molecule has 0 saturated carbocycles. The molecular formula is C18H25N3O3S. The fraction of sp³-hybridized carbons (Fsp3) is 0.611. The molecule has 1 aliphatic heterocycles. The van der Waals surface area contributed by atoms with E-state index in [1.54, 1.807) is 11.4 Å². The van der Waals surface area contributed by atoms with E-state index in [4.69, 9.17) is 0 Å². The molecular weight excluding hydrogens is 338 g/mol. The average molecular weight is 363 g/mol. The molecule has 0 radical (unpaired) electrons. The summed E-state index contributed by atoms with van der Waals surface area (Å²) >= 11 is 1.33. The molecule has 136 valence electrons. The van der Waals surface area contributed by atoms with Gasteiger partial charge in [-0.25, -0.2) is 4.79 Å². The lowest BCUT2D eigenvalue weighted by molar-refractivity contribution is -0.132. The van der Waals surface area contributed by atoms with Gasteiger partial charge in [0.15, 0.2) is 0 Å². The molecule has 2 aromatic rings. The first-order valence-electron chi connectivity index (χ1n) is 8.97. The number of likely N-dealkylation sites (tertiary alicyclic amines) is 1. The van der Waals surface area contributed by atoms with Crippen molar-refractivity contribution < 1.29 is 4.79 Å². The summed E-state index contributed by atoms with van der Waals surface area (Å²) in [5, 5.41) is 1.81. The minimum atomic E-state index is -0.373. The Kier molecular flexibility index (Phi) is 5.42. The summed E-state index contributed by atoms with van der Waals surface area (Å²) in [6, 6.07) is 1.76. The van der Waals surface area contributed by atoms with Gasteiger partial charge in [-0.1, -0.05) is 13.8 Å². The largest absolute Gasteiger partial charge is 0.341 e. The Hall–Kier alpha value is -1.89. The van der Waals surface area contributed by atoms with E-state index >= 15 is 0 Å². The Morgan fingerprint density at radius 3 is 2.56 bits per heavy atom. The van der Waals surface area contributed by atoms with E-state index in [1.807, 2.05) is 4.90 Å². The van der Waals surface area contributed by atoms with Gasteiger partial charge in [-0.3, -0.25) is 18.7 Å². The van der Waals surface area contributed by atoms with Crippen LogP contribution >= 0.6 is 11.3 Å². The molecule has 7 heteroatoms. The quantitative estimate of drug-likeness (QED) is 0.819. The summed E-state index contributed by atoms with van der Waals surface area (Å²) in [6.45, 7) is 6.04. The highest BCUT2D eigenvalue weighted by Crippen LogP contribution is 2.16. The minimum Gasteiger partial charge on any atom is -0.341 e. The number of aromatic nitrogens is 2. The molecule has 1 fully saturated rings. The van der Waals surface area contributed by atoms with E-state index in [1.165, 1.54) is 20.5 Å². The van der Waals surface area contributed by atoms with Gasteiger partial charge < -0.3 is 4.90 Å². The third-order valence-corrected chi connectivity index (χ3v) is 5.66. The number of fused-ring (bicyclic) bond motifs is 1. The topological polar surface area (TPSA) is 64.3 Å². The van der Waals surface area contributed by atoms with E-state index in [0.717, 1.165) is 38.8 Å². The van der Waals surface area contributed by atoms with Crippen LogP contribution in [0.1, 0.15) is 39.5 Å². The van der Waals surface area contributed by atoms with E-state index in [9.17, 15) is 14.4 Å². The maximum atomic E-state index is 12.9. The minimum absolute atomic E-state index is 0.00796. The van der Waals surface area contributed by atoms with Crippen molar-refractivity contribution in [2.45, 2.75) is 52.6 Å². The van der Waals surface area contributed by atoms with E-state index in [0.29, 0.717) is 22.7 Å². The van der Waals surface area contributed by atoms with Crippen LogP contribution in [0.3, 0.4) is 0 Å². The van der Waals surface area contributed by atoms with E-state index in [-0.39, 0.29) is 23.7 Å². The number of hydrogen-bond donors (Lipinski definition) is 0. The van der Waals surface area contributed by atoms with Gasteiger partial charge in [0.05, 0.1) is 5.52 Å². The van der Waals surface area contributed by atoms with Gasteiger partial charge in [0.1, 0.15) is 11.2 Å². The van der Waals surface area contributed by atoms with Crippen LogP contribution in [0.2, 0.25) is 0 Å². The van der Waals surface area contributed by atoms with Crippen LogP contribution in [0.25, 0.3) is 10.2 Å². The molecule has 0 bridgehead atoms. The number of amides is 1. The van der Waals surface area contributed by atoms with Crippen molar-refractivity contribution in [2.75, 3.05) is 13.1 Å². The van der Waals surface area contributed by atoms with Gasteiger partial charge >= 0.3 is 5.69 Å². The summed E-state index contributed by atoms with van der Waals surface area (Å²) in [4.78, 5) is 40.0. The van der Waals surface area contributed by atoms with Gasteiger partial charge in [0.2, 0.25) is 5.91 Å². The molecule has 0 unspecified atom stereocenters. The Morgan fingerprint density at radius 1 is 1.16 bits per heavy atom. The molecule has 3 rings (SSSR count). The number of rotatable bonds is 5. The predicted octanol–water partition coefficient (Wildman–Crippen LogP) is 2.28. The van der Waals surface area contributed by atoms with Gasteiger partial charge in [0.25, 0.3) is 5.56 Å². The van der Waals surface area contributed by atoms with Crippen LogP contribution in [0.15, 0.2) is 21.0 Å². The van der Waals surface area contributed by atoms with Gasteiger partial charge in [-0.15, -0.1) is 11.3 Å². The fourth-order valence-electron chi connectivity index (χ4n) is 3.25. The molecule has 6 nitrogen and oxygen atoms in total. The zero-order chi connectivity index (χ0) is 18.0. The fourth-order valence-corrected chi connectivity index (χ4v) is 4.09. The Balaban J connectivity index is 1.98. The average Bonchev–Trinajstić information content (AvgIpc) is 3.08. The summed E-state index contributed by atoms with van der Waals surface area (Å²) in [6.07, 6.45) is 3.94. The predicted molar refractivity (Wildman–Crippen MR) is 100 cm³/mol. The summed E-state index contributed by atoms with van der Waals surface area (Å²) in [5.74, 6) is 0.358. The van der Waals surface area contributed by atoms with Gasteiger partial charge in [-0.2, -0.15) is 0 Å². The van der Waals surface area contributed by atoms with Crippen molar-refractivity contribution in [3.05, 3.63) is 32.3 Å². The van der Waals surface area contributed by atoms with Gasteiger partial charge in [0, 0.05) is 19.6 Å². The molecule has 0 aromatic carbocycles. The SMILES string of the molecule is CC(C)CCn1c(=O)c2sccc2n(CC(=O)N2CCCCC2)c1=O. The molecule has 0 N–H and O–H groups in total. The standard InChI is InChI=1S/C18H25N3O3S/c1-13(2)6-10-20-17(23)16-14(7-11-25-16)21(18(20)24)12-15(22)19-8-4-3-5-9-19/h7,11,13H,3-6,8-10,12H2,1-2H3. The van der Waals surface area contributed by atoms with Crippen molar-refractivity contribution in [2.24, 2.45) is 5.92 Å². The summed E-state index contributed by atoms with van der Waals surface area (Å²) < 4.78 is 3.32. The number of hydrogen-bond acceptors (Lipinski definition) is 4. The van der Waals surface area contributed by atoms with Crippen molar-refractivity contribution >= 4 is 27.5 Å². The first kappa shape index (κ1) is 17.9. The first-order chi connectivity index (χ1) is 12.0. The molecule has 0 aliphatic carbocycles. The smallest absolute Gasteiger partial charge is 0.332 e. The maximum Gasteiger partial charge on any atom is 0.332 e. The highest BCUT2D eigenvalue weighted by atomic mass is 32.1. The molecule has 0 atom stereocenters.